The highest BCUT2D eigenvalue weighted by molar-refractivity contribution is 4.95. The maximum Gasteiger partial charge on any atom is 0.168 e. The Morgan fingerprint density at radius 2 is 2.09 bits per heavy atom. The Kier molecular flexibility index (Phi) is 5.96. The monoisotopic (exact) mass is 322 g/mol. The Bertz CT molecular complexity index is 465. The summed E-state index contributed by atoms with van der Waals surface area (Å²) >= 11 is 0. The van der Waals surface area contributed by atoms with E-state index < -0.39 is 0 Å². The van der Waals surface area contributed by atoms with Crippen LogP contribution in [0, 0.1) is 0 Å². The van der Waals surface area contributed by atoms with Crippen LogP contribution in [0.4, 0.5) is 0 Å². The second-order valence-corrected chi connectivity index (χ2v) is 6.85. The fourth-order valence-corrected chi connectivity index (χ4v) is 3.57. The van der Waals surface area contributed by atoms with E-state index in [2.05, 4.69) is 39.3 Å². The van der Waals surface area contributed by atoms with E-state index in [1.54, 1.807) is 0 Å². The largest absolute Gasteiger partial charge is 0.376 e. The number of hydrogen-bond acceptors (Lipinski definition) is 6. The van der Waals surface area contributed by atoms with Crippen LogP contribution in [0.15, 0.2) is 0 Å². The van der Waals surface area contributed by atoms with Crippen LogP contribution in [0.1, 0.15) is 50.9 Å². The van der Waals surface area contributed by atoms with Crippen LogP contribution in [0.2, 0.25) is 0 Å². The van der Waals surface area contributed by atoms with Gasteiger partial charge in [0.2, 0.25) is 0 Å². The molecule has 0 aromatic carbocycles. The molecule has 130 valence electrons. The average molecular weight is 322 g/mol. The molecule has 2 atom stereocenters. The molecule has 0 aliphatic carbocycles. The van der Waals surface area contributed by atoms with Crippen molar-refractivity contribution in [1.29, 1.82) is 0 Å². The molecule has 2 aliphatic heterocycles. The summed E-state index contributed by atoms with van der Waals surface area (Å²) in [4.78, 5) is 4.95. The molecule has 7 nitrogen and oxygen atoms in total. The van der Waals surface area contributed by atoms with E-state index in [0.717, 1.165) is 64.4 Å². The second-order valence-electron chi connectivity index (χ2n) is 6.85. The highest BCUT2D eigenvalue weighted by Gasteiger charge is 2.29. The smallest absolute Gasteiger partial charge is 0.168 e. The Balaban J connectivity index is 1.72. The third-order valence-corrected chi connectivity index (χ3v) is 5.07. The van der Waals surface area contributed by atoms with E-state index in [1.807, 2.05) is 4.68 Å². The van der Waals surface area contributed by atoms with Crippen molar-refractivity contribution >= 4 is 0 Å². The van der Waals surface area contributed by atoms with Gasteiger partial charge < -0.3 is 9.64 Å². The summed E-state index contributed by atoms with van der Waals surface area (Å²) in [5, 5.41) is 12.6. The van der Waals surface area contributed by atoms with Crippen molar-refractivity contribution in [3.63, 3.8) is 0 Å². The first-order chi connectivity index (χ1) is 11.3. The van der Waals surface area contributed by atoms with Gasteiger partial charge in [-0.3, -0.25) is 4.90 Å². The first-order valence-electron chi connectivity index (χ1n) is 9.08. The maximum atomic E-state index is 5.77. The van der Waals surface area contributed by atoms with E-state index in [1.165, 1.54) is 12.8 Å². The molecule has 7 heteroatoms. The molecule has 1 aromatic heterocycles. The summed E-state index contributed by atoms with van der Waals surface area (Å²) < 4.78 is 7.76. The van der Waals surface area contributed by atoms with Crippen LogP contribution < -0.4 is 0 Å². The number of rotatable bonds is 7. The molecule has 23 heavy (non-hydrogen) atoms. The molecule has 0 amide bonds. The molecule has 0 N–H and O–H groups in total. The molecule has 3 heterocycles. The minimum absolute atomic E-state index is 0.275. The van der Waals surface area contributed by atoms with Gasteiger partial charge in [0, 0.05) is 32.8 Å². The molecule has 0 unspecified atom stereocenters. The van der Waals surface area contributed by atoms with Crippen molar-refractivity contribution in [2.75, 3.05) is 39.8 Å². The molecule has 0 bridgehead atoms. The number of ether oxygens (including phenoxy) is 1. The fourth-order valence-electron chi connectivity index (χ4n) is 3.57. The van der Waals surface area contributed by atoms with Crippen molar-refractivity contribution in [3.05, 3.63) is 5.82 Å². The third-order valence-electron chi connectivity index (χ3n) is 5.07. The predicted octanol–water partition coefficient (Wildman–Crippen LogP) is 1.33. The van der Waals surface area contributed by atoms with Gasteiger partial charge in [-0.1, -0.05) is 19.8 Å². The SMILES string of the molecule is CCCC[C@@H](c1nnnn1C[C@@H]1CCCO1)N1CCN(C)CC1. The Morgan fingerprint density at radius 1 is 1.26 bits per heavy atom. The first-order valence-corrected chi connectivity index (χ1v) is 9.08. The summed E-state index contributed by atoms with van der Waals surface area (Å²) in [6.45, 7) is 8.34. The van der Waals surface area contributed by atoms with E-state index >= 15 is 0 Å². The van der Waals surface area contributed by atoms with Crippen molar-refractivity contribution in [3.8, 4) is 0 Å². The Hall–Kier alpha value is -1.05. The van der Waals surface area contributed by atoms with Gasteiger partial charge in [0.1, 0.15) is 0 Å². The molecule has 1 aromatic rings. The lowest BCUT2D eigenvalue weighted by Crippen LogP contribution is -2.46. The number of likely N-dealkylation sites (N-methyl/N-ethyl adjacent to an activating group) is 1. The highest BCUT2D eigenvalue weighted by atomic mass is 16.5. The summed E-state index contributed by atoms with van der Waals surface area (Å²) in [5.41, 5.74) is 0. The van der Waals surface area contributed by atoms with E-state index in [9.17, 15) is 0 Å². The zero-order chi connectivity index (χ0) is 16.1. The van der Waals surface area contributed by atoms with Crippen LogP contribution in [0.25, 0.3) is 0 Å². The second kappa shape index (κ2) is 8.17. The van der Waals surface area contributed by atoms with Gasteiger partial charge in [-0.05, 0) is 36.7 Å². The minimum atomic E-state index is 0.275. The van der Waals surface area contributed by atoms with Gasteiger partial charge in [-0.15, -0.1) is 5.10 Å². The summed E-state index contributed by atoms with van der Waals surface area (Å²) in [5.74, 6) is 1.03. The number of tetrazole rings is 1. The molecule has 3 rings (SSSR count). The number of aromatic nitrogens is 4. The molecule has 0 spiro atoms. The fraction of sp³-hybridized carbons (Fsp3) is 0.938. The van der Waals surface area contributed by atoms with Gasteiger partial charge in [-0.2, -0.15) is 0 Å². The van der Waals surface area contributed by atoms with E-state index in [-0.39, 0.29) is 6.10 Å². The van der Waals surface area contributed by atoms with E-state index in [0.29, 0.717) is 6.04 Å². The molecule has 2 fully saturated rings. The number of nitrogens with zero attached hydrogens (tertiary/aromatic N) is 6. The number of hydrogen-bond donors (Lipinski definition) is 0. The summed E-state index contributed by atoms with van der Waals surface area (Å²) in [7, 11) is 2.19. The topological polar surface area (TPSA) is 59.3 Å². The summed E-state index contributed by atoms with van der Waals surface area (Å²) in [6.07, 6.45) is 6.09. The molecule has 2 aliphatic rings. The number of unbranched alkanes of at least 4 members (excludes halogenated alkanes) is 1. The lowest BCUT2D eigenvalue weighted by atomic mass is 10.1. The van der Waals surface area contributed by atoms with Crippen LogP contribution in [0.5, 0.6) is 0 Å². The van der Waals surface area contributed by atoms with Gasteiger partial charge >= 0.3 is 0 Å². The van der Waals surface area contributed by atoms with Gasteiger partial charge in [0.15, 0.2) is 5.82 Å². The first kappa shape index (κ1) is 16.8. The van der Waals surface area contributed by atoms with Crippen molar-refractivity contribution in [1.82, 2.24) is 30.0 Å². The predicted molar refractivity (Wildman–Crippen MR) is 88.1 cm³/mol. The molecular formula is C16H30N6O. The normalized spacial score (nSPS) is 25.0. The summed E-state index contributed by atoms with van der Waals surface area (Å²) in [6, 6.07) is 0.333. The molecule has 0 radical (unpaired) electrons. The quantitative estimate of drug-likeness (QED) is 0.755. The van der Waals surface area contributed by atoms with Crippen LogP contribution in [-0.2, 0) is 11.3 Å². The molecule has 2 saturated heterocycles. The lowest BCUT2D eigenvalue weighted by Gasteiger charge is -2.37. The zero-order valence-electron chi connectivity index (χ0n) is 14.5. The van der Waals surface area contributed by atoms with Crippen molar-refractivity contribution in [2.24, 2.45) is 0 Å². The zero-order valence-corrected chi connectivity index (χ0v) is 14.5. The Morgan fingerprint density at radius 3 is 2.78 bits per heavy atom. The molecular weight excluding hydrogens is 292 g/mol. The van der Waals surface area contributed by atoms with Gasteiger partial charge in [-0.25, -0.2) is 4.68 Å². The lowest BCUT2D eigenvalue weighted by molar-refractivity contribution is 0.0814. The van der Waals surface area contributed by atoms with Gasteiger partial charge in [0.25, 0.3) is 0 Å². The van der Waals surface area contributed by atoms with Crippen molar-refractivity contribution in [2.45, 2.75) is 57.7 Å². The van der Waals surface area contributed by atoms with E-state index in [4.69, 9.17) is 4.74 Å². The molecule has 0 saturated carbocycles. The van der Waals surface area contributed by atoms with Crippen LogP contribution in [0.3, 0.4) is 0 Å². The average Bonchev–Trinajstić information content (AvgIpc) is 3.22. The Labute approximate surface area is 139 Å². The standard InChI is InChI=1S/C16H30N6O/c1-3-4-7-15(21-10-8-20(2)9-11-21)16-17-18-19-22(16)13-14-6-5-12-23-14/h14-15H,3-13H2,1-2H3/t14-,15-/m0/s1. The maximum absolute atomic E-state index is 5.77. The number of piperazine rings is 1. The van der Waals surface area contributed by atoms with Crippen LogP contribution in [-0.4, -0.2) is 75.9 Å². The van der Waals surface area contributed by atoms with Crippen molar-refractivity contribution < 1.29 is 4.74 Å². The van der Waals surface area contributed by atoms with Gasteiger partial charge in [0.05, 0.1) is 18.7 Å². The van der Waals surface area contributed by atoms with Crippen LogP contribution >= 0.6 is 0 Å². The minimum Gasteiger partial charge on any atom is -0.376 e. The third kappa shape index (κ3) is 4.28. The highest BCUT2D eigenvalue weighted by Crippen LogP contribution is 2.26.